The second-order valence-electron chi connectivity index (χ2n) is 9.58. The third-order valence-electron chi connectivity index (χ3n) is 6.69. The summed E-state index contributed by atoms with van der Waals surface area (Å²) < 4.78 is 32.3. The number of halogens is 2. The lowest BCUT2D eigenvalue weighted by Crippen LogP contribution is -2.49. The molecule has 1 fully saturated rings. The van der Waals surface area contributed by atoms with E-state index >= 15 is 0 Å². The van der Waals surface area contributed by atoms with E-state index in [0.29, 0.717) is 11.4 Å². The smallest absolute Gasteiger partial charge is 0.242 e. The van der Waals surface area contributed by atoms with Crippen LogP contribution in [-0.4, -0.2) is 57.1 Å². The maximum atomic E-state index is 13.4. The highest BCUT2D eigenvalue weighted by molar-refractivity contribution is 9.10. The van der Waals surface area contributed by atoms with Gasteiger partial charge in [-0.2, -0.15) is 0 Å². The molecule has 0 saturated heterocycles. The topological polar surface area (TPSA) is 96.0 Å². The van der Waals surface area contributed by atoms with Gasteiger partial charge in [-0.1, -0.05) is 52.5 Å². The number of rotatable bonds is 12. The fourth-order valence-electron chi connectivity index (χ4n) is 4.62. The highest BCUT2D eigenvalue weighted by atomic mass is 79.9. The Bertz CT molecular complexity index is 1240. The monoisotopic (exact) mass is 627 g/mol. The van der Waals surface area contributed by atoms with Crippen molar-refractivity contribution in [3.8, 4) is 5.75 Å². The molecule has 1 atom stereocenters. The summed E-state index contributed by atoms with van der Waals surface area (Å²) in [4.78, 5) is 28.1. The molecule has 0 radical (unpaired) electrons. The van der Waals surface area contributed by atoms with Gasteiger partial charge in [0.15, 0.2) is 0 Å². The van der Waals surface area contributed by atoms with Crippen LogP contribution in [0.15, 0.2) is 46.9 Å². The number of sulfonamides is 1. The molecular weight excluding hydrogens is 594 g/mol. The molecule has 1 aliphatic rings. The van der Waals surface area contributed by atoms with Crippen molar-refractivity contribution in [3.05, 3.63) is 57.5 Å². The number of nitrogens with one attached hydrogen (secondary N) is 1. The zero-order chi connectivity index (χ0) is 27.9. The van der Waals surface area contributed by atoms with Gasteiger partial charge in [-0.05, 0) is 62.1 Å². The minimum absolute atomic E-state index is 0.0744. The van der Waals surface area contributed by atoms with Crippen molar-refractivity contribution in [1.82, 2.24) is 10.2 Å². The molecule has 0 aliphatic heterocycles. The van der Waals surface area contributed by atoms with Crippen molar-refractivity contribution in [2.24, 2.45) is 0 Å². The van der Waals surface area contributed by atoms with E-state index in [2.05, 4.69) is 21.2 Å². The number of benzene rings is 2. The summed E-state index contributed by atoms with van der Waals surface area (Å²) in [5, 5.41) is 3.38. The van der Waals surface area contributed by atoms with Gasteiger partial charge >= 0.3 is 0 Å². The Morgan fingerprint density at radius 1 is 1.18 bits per heavy atom. The summed E-state index contributed by atoms with van der Waals surface area (Å²) in [6.07, 6.45) is 5.55. The Morgan fingerprint density at radius 2 is 1.89 bits per heavy atom. The molecule has 0 unspecified atom stereocenters. The van der Waals surface area contributed by atoms with Crippen LogP contribution in [-0.2, 0) is 26.2 Å². The lowest BCUT2D eigenvalue weighted by atomic mass is 10.1. The largest absolute Gasteiger partial charge is 0.495 e. The lowest BCUT2D eigenvalue weighted by molar-refractivity contribution is -0.141. The second-order valence-corrected chi connectivity index (χ2v) is 12.8. The molecular formula is C27H35BrClN3O5S. The molecule has 2 aromatic rings. The van der Waals surface area contributed by atoms with Gasteiger partial charge in [0.1, 0.15) is 11.8 Å². The quantitative estimate of drug-likeness (QED) is 0.352. The number of carbonyl (C=O) groups excluding carboxylic acids is 2. The first kappa shape index (κ1) is 30.2. The van der Waals surface area contributed by atoms with Gasteiger partial charge in [-0.3, -0.25) is 13.9 Å². The third-order valence-corrected chi connectivity index (χ3v) is 8.67. The maximum absolute atomic E-state index is 13.4. The van der Waals surface area contributed by atoms with E-state index in [9.17, 15) is 18.0 Å². The van der Waals surface area contributed by atoms with E-state index < -0.39 is 16.1 Å². The summed E-state index contributed by atoms with van der Waals surface area (Å²) in [6, 6.07) is 11.8. The van der Waals surface area contributed by atoms with Crippen LogP contribution < -0.4 is 14.4 Å². The van der Waals surface area contributed by atoms with Gasteiger partial charge < -0.3 is 15.0 Å². The van der Waals surface area contributed by atoms with E-state index in [0.717, 1.165) is 42.0 Å². The first-order valence-electron chi connectivity index (χ1n) is 12.6. The van der Waals surface area contributed by atoms with Crippen molar-refractivity contribution in [2.45, 2.75) is 64.1 Å². The first-order valence-corrected chi connectivity index (χ1v) is 15.7. The summed E-state index contributed by atoms with van der Waals surface area (Å²) >= 11 is 9.68. The van der Waals surface area contributed by atoms with Crippen molar-refractivity contribution >= 4 is 55.1 Å². The Labute approximate surface area is 238 Å². The van der Waals surface area contributed by atoms with Crippen LogP contribution in [0.4, 0.5) is 5.69 Å². The molecule has 3 rings (SSSR count). The average molecular weight is 629 g/mol. The van der Waals surface area contributed by atoms with Gasteiger partial charge in [0, 0.05) is 30.0 Å². The maximum Gasteiger partial charge on any atom is 0.242 e. The molecule has 208 valence electrons. The van der Waals surface area contributed by atoms with E-state index in [1.165, 1.54) is 17.5 Å². The van der Waals surface area contributed by atoms with E-state index in [1.54, 1.807) is 24.0 Å². The zero-order valence-corrected chi connectivity index (χ0v) is 25.1. The number of methoxy groups -OCH3 is 1. The highest BCUT2D eigenvalue weighted by Gasteiger charge is 2.29. The van der Waals surface area contributed by atoms with Crippen LogP contribution in [0.1, 0.15) is 51.0 Å². The summed E-state index contributed by atoms with van der Waals surface area (Å²) in [6.45, 7) is 2.09. The van der Waals surface area contributed by atoms with E-state index in [-0.39, 0.29) is 48.8 Å². The Hall–Kier alpha value is -2.30. The third kappa shape index (κ3) is 8.35. The van der Waals surface area contributed by atoms with Crippen LogP contribution in [0.25, 0.3) is 0 Å². The van der Waals surface area contributed by atoms with Gasteiger partial charge in [0.25, 0.3) is 0 Å². The molecule has 38 heavy (non-hydrogen) atoms. The van der Waals surface area contributed by atoms with Crippen LogP contribution in [0, 0.1) is 0 Å². The molecule has 1 aliphatic carbocycles. The van der Waals surface area contributed by atoms with Crippen LogP contribution in [0.3, 0.4) is 0 Å². The second kappa shape index (κ2) is 13.7. The molecule has 2 amide bonds. The SMILES string of the molecule is COc1ccc(N(CCCC(=O)N(Cc2cccc(Br)c2)[C@H](C)C(=O)NC2CCCC2)S(C)(=O)=O)cc1Cl. The molecule has 11 heteroatoms. The molecule has 0 heterocycles. The molecule has 1 saturated carbocycles. The van der Waals surface area contributed by atoms with E-state index in [1.807, 2.05) is 24.3 Å². The van der Waals surface area contributed by atoms with Gasteiger partial charge in [0.2, 0.25) is 21.8 Å². The van der Waals surface area contributed by atoms with Crippen molar-refractivity contribution in [2.75, 3.05) is 24.2 Å². The minimum atomic E-state index is -3.63. The number of nitrogens with zero attached hydrogens (tertiary/aromatic N) is 2. The molecule has 1 N–H and O–H groups in total. The van der Waals surface area contributed by atoms with E-state index in [4.69, 9.17) is 16.3 Å². The average Bonchev–Trinajstić information content (AvgIpc) is 3.37. The summed E-state index contributed by atoms with van der Waals surface area (Å²) in [5.74, 6) is 0.0400. The van der Waals surface area contributed by atoms with Gasteiger partial charge in [-0.25, -0.2) is 8.42 Å². The Balaban J connectivity index is 1.73. The first-order chi connectivity index (χ1) is 18.0. The number of anilines is 1. The Morgan fingerprint density at radius 3 is 2.50 bits per heavy atom. The standard InChI is InChI=1S/C27H35BrClN3O5S/c1-19(27(34)30-22-10-4-5-11-22)31(18-20-8-6-9-21(28)16-20)26(33)12-7-15-32(38(3,35)36)23-13-14-25(37-2)24(29)17-23/h6,8-9,13-14,16-17,19,22H,4-5,7,10-12,15,18H2,1-3H3,(H,30,34)/t19-/m1/s1. The fourth-order valence-corrected chi connectivity index (χ4v) is 6.28. The highest BCUT2D eigenvalue weighted by Crippen LogP contribution is 2.30. The predicted molar refractivity (Wildman–Crippen MR) is 154 cm³/mol. The molecule has 0 bridgehead atoms. The molecule has 0 spiro atoms. The zero-order valence-electron chi connectivity index (χ0n) is 22.0. The number of carbonyl (C=O) groups is 2. The molecule has 0 aromatic heterocycles. The van der Waals surface area contributed by atoms with Crippen LogP contribution in [0.2, 0.25) is 5.02 Å². The van der Waals surface area contributed by atoms with Crippen LogP contribution in [0.5, 0.6) is 5.75 Å². The number of amides is 2. The molecule has 2 aromatic carbocycles. The summed E-state index contributed by atoms with van der Waals surface area (Å²) in [7, 11) is -2.15. The minimum Gasteiger partial charge on any atom is -0.495 e. The molecule has 8 nitrogen and oxygen atoms in total. The number of hydrogen-bond donors (Lipinski definition) is 1. The van der Waals surface area contributed by atoms with Crippen molar-refractivity contribution < 1.29 is 22.7 Å². The van der Waals surface area contributed by atoms with Crippen molar-refractivity contribution in [3.63, 3.8) is 0 Å². The lowest BCUT2D eigenvalue weighted by Gasteiger charge is -2.30. The van der Waals surface area contributed by atoms with Gasteiger partial charge in [0.05, 0.1) is 24.1 Å². The number of ether oxygens (including phenoxy) is 1. The van der Waals surface area contributed by atoms with Crippen LogP contribution >= 0.6 is 27.5 Å². The Kier molecular flexibility index (Phi) is 10.9. The summed E-state index contributed by atoms with van der Waals surface area (Å²) in [5.41, 5.74) is 1.28. The van der Waals surface area contributed by atoms with Crippen molar-refractivity contribution in [1.29, 1.82) is 0 Å². The fraction of sp³-hybridized carbons (Fsp3) is 0.481. The predicted octanol–water partition coefficient (Wildman–Crippen LogP) is 5.13. The van der Waals surface area contributed by atoms with Gasteiger partial charge in [-0.15, -0.1) is 0 Å². The number of hydrogen-bond acceptors (Lipinski definition) is 5. The normalized spacial score (nSPS) is 14.7.